The van der Waals surface area contributed by atoms with Gasteiger partial charge in [-0.2, -0.15) is 0 Å². The lowest BCUT2D eigenvalue weighted by Gasteiger charge is -2.25. The smallest absolute Gasteiger partial charge is 0.337 e. The second-order valence-corrected chi connectivity index (χ2v) is 7.95. The maximum absolute atomic E-state index is 12.8. The van der Waals surface area contributed by atoms with Crippen LogP contribution >= 0.6 is 0 Å². The first-order valence-electron chi connectivity index (χ1n) is 10.7. The molecule has 4 rings (SSSR count). The summed E-state index contributed by atoms with van der Waals surface area (Å²) in [5.74, 6) is 1.03. The first kappa shape index (κ1) is 21.2. The highest BCUT2D eigenvalue weighted by molar-refractivity contribution is 5.96. The van der Waals surface area contributed by atoms with Crippen molar-refractivity contribution in [2.75, 3.05) is 38.7 Å². The number of rotatable bonds is 5. The van der Waals surface area contributed by atoms with Crippen LogP contribution in [0.25, 0.3) is 0 Å². The van der Waals surface area contributed by atoms with Crippen LogP contribution in [0.1, 0.15) is 46.8 Å². The number of carbonyl (C=O) groups excluding carboxylic acids is 2. The summed E-state index contributed by atoms with van der Waals surface area (Å²) in [5.41, 5.74) is 3.06. The predicted octanol–water partition coefficient (Wildman–Crippen LogP) is 3.72. The first-order valence-corrected chi connectivity index (χ1v) is 10.7. The van der Waals surface area contributed by atoms with E-state index in [1.165, 1.54) is 7.11 Å². The van der Waals surface area contributed by atoms with E-state index in [1.807, 2.05) is 19.1 Å². The lowest BCUT2D eigenvalue weighted by molar-refractivity contribution is -0.117. The molecule has 164 valence electrons. The number of methoxy groups -OCH3 is 1. The van der Waals surface area contributed by atoms with Crippen LogP contribution in [0.15, 0.2) is 36.4 Å². The molecule has 2 aliphatic heterocycles. The SMILES string of the molecule is COC(=O)c1ccc(C)c(NC(=O)CN2CCC[C@@H]2c2ccc3c(c2)OCCCO3)c1. The van der Waals surface area contributed by atoms with Crippen molar-refractivity contribution < 1.29 is 23.8 Å². The molecule has 2 heterocycles. The van der Waals surface area contributed by atoms with Crippen LogP contribution in [0.5, 0.6) is 11.5 Å². The van der Waals surface area contributed by atoms with Gasteiger partial charge in [0, 0.05) is 18.2 Å². The average molecular weight is 424 g/mol. The fourth-order valence-electron chi connectivity index (χ4n) is 4.16. The number of nitrogens with one attached hydrogen (secondary N) is 1. The molecule has 0 unspecified atom stereocenters. The van der Waals surface area contributed by atoms with E-state index in [0.29, 0.717) is 24.5 Å². The van der Waals surface area contributed by atoms with Crippen LogP contribution in [-0.4, -0.2) is 50.2 Å². The highest BCUT2D eigenvalue weighted by Gasteiger charge is 2.28. The largest absolute Gasteiger partial charge is 0.490 e. The van der Waals surface area contributed by atoms with Crippen LogP contribution in [0, 0.1) is 6.92 Å². The van der Waals surface area contributed by atoms with Crippen LogP contribution in [0.4, 0.5) is 5.69 Å². The second-order valence-electron chi connectivity index (χ2n) is 7.95. The Hall–Kier alpha value is -3.06. The van der Waals surface area contributed by atoms with E-state index in [9.17, 15) is 9.59 Å². The molecule has 1 fully saturated rings. The molecule has 0 spiro atoms. The second kappa shape index (κ2) is 9.39. The van der Waals surface area contributed by atoms with Gasteiger partial charge >= 0.3 is 5.97 Å². The van der Waals surface area contributed by atoms with Crippen molar-refractivity contribution in [1.29, 1.82) is 0 Å². The number of esters is 1. The number of benzene rings is 2. The van der Waals surface area contributed by atoms with Gasteiger partial charge in [0.05, 0.1) is 32.4 Å². The Kier molecular flexibility index (Phi) is 6.42. The third-order valence-corrected chi connectivity index (χ3v) is 5.80. The number of ether oxygens (including phenoxy) is 3. The molecule has 2 aliphatic rings. The molecule has 0 aliphatic carbocycles. The summed E-state index contributed by atoms with van der Waals surface area (Å²) in [6.07, 6.45) is 2.89. The van der Waals surface area contributed by atoms with Gasteiger partial charge in [-0.25, -0.2) is 4.79 Å². The summed E-state index contributed by atoms with van der Waals surface area (Å²) in [5, 5.41) is 2.95. The van der Waals surface area contributed by atoms with Crippen LogP contribution in [0.3, 0.4) is 0 Å². The number of fused-ring (bicyclic) bond motifs is 1. The molecule has 0 saturated carbocycles. The molecule has 0 bridgehead atoms. The minimum absolute atomic E-state index is 0.105. The van der Waals surface area contributed by atoms with Crippen molar-refractivity contribution >= 4 is 17.6 Å². The van der Waals surface area contributed by atoms with Gasteiger partial charge in [0.15, 0.2) is 11.5 Å². The topological polar surface area (TPSA) is 77.1 Å². The number of carbonyl (C=O) groups is 2. The zero-order chi connectivity index (χ0) is 21.8. The van der Waals surface area contributed by atoms with E-state index in [1.54, 1.807) is 18.2 Å². The Morgan fingerprint density at radius 3 is 2.71 bits per heavy atom. The standard InChI is InChI=1S/C24H28N2O5/c1-16-6-7-18(24(28)29-2)13-19(16)25-23(27)15-26-10-3-5-20(26)17-8-9-21-22(14-17)31-12-4-11-30-21/h6-9,13-14,20H,3-5,10-12,15H2,1-2H3,(H,25,27)/t20-/m1/s1. The Bertz CT molecular complexity index is 974. The fourth-order valence-corrected chi connectivity index (χ4v) is 4.16. The summed E-state index contributed by atoms with van der Waals surface area (Å²) in [6, 6.07) is 11.4. The van der Waals surface area contributed by atoms with E-state index < -0.39 is 5.97 Å². The van der Waals surface area contributed by atoms with Crippen molar-refractivity contribution in [1.82, 2.24) is 4.90 Å². The maximum Gasteiger partial charge on any atom is 0.337 e. The zero-order valence-corrected chi connectivity index (χ0v) is 18.0. The van der Waals surface area contributed by atoms with E-state index in [4.69, 9.17) is 14.2 Å². The molecule has 1 atom stereocenters. The number of hydrogen-bond donors (Lipinski definition) is 1. The van der Waals surface area contributed by atoms with Gasteiger partial charge < -0.3 is 19.5 Å². The van der Waals surface area contributed by atoms with E-state index in [-0.39, 0.29) is 18.5 Å². The Morgan fingerprint density at radius 1 is 1.10 bits per heavy atom. The minimum Gasteiger partial charge on any atom is -0.490 e. The van der Waals surface area contributed by atoms with Crippen LogP contribution in [0.2, 0.25) is 0 Å². The van der Waals surface area contributed by atoms with E-state index in [0.717, 1.165) is 48.4 Å². The van der Waals surface area contributed by atoms with Crippen molar-refractivity contribution in [2.45, 2.75) is 32.2 Å². The van der Waals surface area contributed by atoms with Gasteiger partial charge in [-0.3, -0.25) is 9.69 Å². The van der Waals surface area contributed by atoms with Crippen molar-refractivity contribution in [3.05, 3.63) is 53.1 Å². The van der Waals surface area contributed by atoms with Gasteiger partial charge in [-0.15, -0.1) is 0 Å². The summed E-state index contributed by atoms with van der Waals surface area (Å²) >= 11 is 0. The molecule has 0 radical (unpaired) electrons. The molecule has 7 nitrogen and oxygen atoms in total. The van der Waals surface area contributed by atoms with Crippen LogP contribution in [-0.2, 0) is 9.53 Å². The Morgan fingerprint density at radius 2 is 1.90 bits per heavy atom. The third-order valence-electron chi connectivity index (χ3n) is 5.80. The Labute approximate surface area is 182 Å². The number of hydrogen-bond acceptors (Lipinski definition) is 6. The predicted molar refractivity (Wildman–Crippen MR) is 117 cm³/mol. The molecule has 1 saturated heterocycles. The number of anilines is 1. The number of nitrogens with zero attached hydrogens (tertiary/aromatic N) is 1. The van der Waals surface area contributed by atoms with Crippen molar-refractivity contribution in [3.63, 3.8) is 0 Å². The maximum atomic E-state index is 12.8. The van der Waals surface area contributed by atoms with Gasteiger partial charge in [-0.05, 0) is 61.7 Å². The minimum atomic E-state index is -0.426. The molecular weight excluding hydrogens is 396 g/mol. The summed E-state index contributed by atoms with van der Waals surface area (Å²) in [6.45, 7) is 4.34. The zero-order valence-electron chi connectivity index (χ0n) is 18.0. The third kappa shape index (κ3) is 4.82. The lowest BCUT2D eigenvalue weighted by Crippen LogP contribution is -2.33. The highest BCUT2D eigenvalue weighted by atomic mass is 16.5. The van der Waals surface area contributed by atoms with Crippen LogP contribution < -0.4 is 14.8 Å². The van der Waals surface area contributed by atoms with Gasteiger partial charge in [-0.1, -0.05) is 12.1 Å². The molecule has 2 aromatic rings. The monoisotopic (exact) mass is 424 g/mol. The molecular formula is C24H28N2O5. The van der Waals surface area contributed by atoms with Crippen molar-refractivity contribution in [2.24, 2.45) is 0 Å². The average Bonchev–Trinajstić information content (AvgIpc) is 3.09. The first-order chi connectivity index (χ1) is 15.0. The van der Waals surface area contributed by atoms with Crippen molar-refractivity contribution in [3.8, 4) is 11.5 Å². The number of likely N-dealkylation sites (tertiary alicyclic amines) is 1. The summed E-state index contributed by atoms with van der Waals surface area (Å²) < 4.78 is 16.3. The molecule has 7 heteroatoms. The van der Waals surface area contributed by atoms with Gasteiger partial charge in [0.2, 0.25) is 5.91 Å². The van der Waals surface area contributed by atoms with E-state index in [2.05, 4.69) is 16.3 Å². The molecule has 0 aromatic heterocycles. The fraction of sp³-hybridized carbons (Fsp3) is 0.417. The summed E-state index contributed by atoms with van der Waals surface area (Å²) in [7, 11) is 1.34. The van der Waals surface area contributed by atoms with Gasteiger partial charge in [0.25, 0.3) is 0 Å². The number of aryl methyl sites for hydroxylation is 1. The molecule has 31 heavy (non-hydrogen) atoms. The summed E-state index contributed by atoms with van der Waals surface area (Å²) in [4.78, 5) is 26.8. The lowest BCUT2D eigenvalue weighted by atomic mass is 10.0. The molecule has 1 amide bonds. The van der Waals surface area contributed by atoms with Gasteiger partial charge in [0.1, 0.15) is 0 Å². The molecule has 2 aromatic carbocycles. The molecule has 1 N–H and O–H groups in total. The quantitative estimate of drug-likeness (QED) is 0.738. The normalized spacial score (nSPS) is 18.3. The highest BCUT2D eigenvalue weighted by Crippen LogP contribution is 2.37. The number of amides is 1. The Balaban J connectivity index is 1.45. The van der Waals surface area contributed by atoms with E-state index >= 15 is 0 Å².